The average Bonchev–Trinajstić information content (AvgIpc) is 1.84. The lowest BCUT2D eigenvalue weighted by Crippen LogP contribution is -2.00. The first-order valence-electron chi connectivity index (χ1n) is 2.63. The predicted octanol–water partition coefficient (Wildman–Crippen LogP) is 2.13. The molecule has 0 saturated heterocycles. The fourth-order valence-electron chi connectivity index (χ4n) is 0.665. The average molecular weight is 94.2 g/mol. The van der Waals surface area contributed by atoms with Gasteiger partial charge in [0.25, 0.3) is 0 Å². The van der Waals surface area contributed by atoms with Crippen LogP contribution in [0.3, 0.4) is 0 Å². The van der Waals surface area contributed by atoms with Gasteiger partial charge in [-0.15, -0.1) is 5.73 Å². The monoisotopic (exact) mass is 94.1 g/mol. The number of hydrogen-bond acceptors (Lipinski definition) is 0. The fourth-order valence-corrected chi connectivity index (χ4v) is 0.665. The number of rotatable bonds is 0. The van der Waals surface area contributed by atoms with E-state index in [0.717, 1.165) is 6.42 Å². The van der Waals surface area contributed by atoms with Crippen molar-refractivity contribution in [2.75, 3.05) is 0 Å². The van der Waals surface area contributed by atoms with E-state index in [0.29, 0.717) is 5.41 Å². The maximum atomic E-state index is 3.06. The third-order valence-electron chi connectivity index (χ3n) is 1.22. The maximum absolute atomic E-state index is 3.06. The Kier molecular flexibility index (Phi) is 0.831. The van der Waals surface area contributed by atoms with E-state index >= 15 is 0 Å². The topological polar surface area (TPSA) is 0 Å². The van der Waals surface area contributed by atoms with E-state index in [9.17, 15) is 0 Å². The predicted molar refractivity (Wildman–Crippen MR) is 31.1 cm³/mol. The summed E-state index contributed by atoms with van der Waals surface area (Å²) in [7, 11) is 0. The molecule has 0 atom stereocenters. The van der Waals surface area contributed by atoms with Crippen molar-refractivity contribution in [2.45, 2.75) is 20.3 Å². The maximum Gasteiger partial charge on any atom is -0.00586 e. The lowest BCUT2D eigenvalue weighted by molar-refractivity contribution is 0.502. The van der Waals surface area contributed by atoms with E-state index < -0.39 is 0 Å². The van der Waals surface area contributed by atoms with Crippen molar-refractivity contribution < 1.29 is 0 Å². The molecule has 0 aliphatic heterocycles. The fraction of sp³-hybridized carbons (Fsp3) is 0.571. The Labute approximate surface area is 44.5 Å². The summed E-state index contributed by atoms with van der Waals surface area (Å²) in [5, 5.41) is 0. The minimum atomic E-state index is 0.403. The summed E-state index contributed by atoms with van der Waals surface area (Å²) in [5.74, 6) is 0. The van der Waals surface area contributed by atoms with Crippen LogP contribution in [0.4, 0.5) is 0 Å². The van der Waals surface area contributed by atoms with E-state index in [1.54, 1.807) is 0 Å². The Morgan fingerprint density at radius 1 is 1.57 bits per heavy atom. The van der Waals surface area contributed by atoms with E-state index in [2.05, 4.69) is 31.7 Å². The van der Waals surface area contributed by atoms with Crippen LogP contribution in [0.15, 0.2) is 17.9 Å². The Hall–Kier alpha value is -0.480. The SMILES string of the molecule is CC1(C)C=C=CC1. The zero-order valence-electron chi connectivity index (χ0n) is 4.86. The van der Waals surface area contributed by atoms with Gasteiger partial charge in [-0.05, 0) is 24.0 Å². The summed E-state index contributed by atoms with van der Waals surface area (Å²) in [5.41, 5.74) is 3.47. The molecule has 0 fully saturated rings. The minimum Gasteiger partial charge on any atom is -0.129 e. The van der Waals surface area contributed by atoms with Crippen LogP contribution < -0.4 is 0 Å². The van der Waals surface area contributed by atoms with Crippen molar-refractivity contribution in [3.05, 3.63) is 17.9 Å². The van der Waals surface area contributed by atoms with Crippen LogP contribution >= 0.6 is 0 Å². The Morgan fingerprint density at radius 2 is 2.29 bits per heavy atom. The molecule has 0 heteroatoms. The molecule has 1 rings (SSSR count). The highest BCUT2D eigenvalue weighted by atomic mass is 14.2. The van der Waals surface area contributed by atoms with Crippen LogP contribution in [0, 0.1) is 5.41 Å². The molecule has 0 bridgehead atoms. The highest BCUT2D eigenvalue weighted by molar-refractivity contribution is 5.05. The van der Waals surface area contributed by atoms with Gasteiger partial charge in [-0.3, -0.25) is 0 Å². The first kappa shape index (κ1) is 4.67. The van der Waals surface area contributed by atoms with E-state index in [4.69, 9.17) is 0 Å². The summed E-state index contributed by atoms with van der Waals surface area (Å²) < 4.78 is 0. The normalized spacial score (nSPS) is 23.7. The summed E-state index contributed by atoms with van der Waals surface area (Å²) in [6.45, 7) is 4.42. The lowest BCUT2D eigenvalue weighted by atomic mass is 9.93. The van der Waals surface area contributed by atoms with Gasteiger partial charge in [-0.1, -0.05) is 13.8 Å². The molecule has 0 N–H and O–H groups in total. The second kappa shape index (κ2) is 1.24. The van der Waals surface area contributed by atoms with Crippen LogP contribution in [0.2, 0.25) is 0 Å². The molecule has 1 aliphatic carbocycles. The van der Waals surface area contributed by atoms with E-state index in [1.807, 2.05) is 0 Å². The van der Waals surface area contributed by atoms with Crippen LogP contribution in [-0.4, -0.2) is 0 Å². The van der Waals surface area contributed by atoms with Crippen molar-refractivity contribution in [3.8, 4) is 0 Å². The molecule has 1 aliphatic rings. The summed E-state index contributed by atoms with van der Waals surface area (Å²) in [6.07, 6.45) is 5.36. The molecule has 0 saturated carbocycles. The van der Waals surface area contributed by atoms with Gasteiger partial charge in [0.15, 0.2) is 0 Å². The molecule has 0 amide bonds. The van der Waals surface area contributed by atoms with Gasteiger partial charge in [0.05, 0.1) is 0 Å². The van der Waals surface area contributed by atoms with Gasteiger partial charge in [-0.2, -0.15) is 0 Å². The molecular weight excluding hydrogens is 84.1 g/mol. The molecule has 38 valence electrons. The molecular formula is C7H10. The van der Waals surface area contributed by atoms with Crippen LogP contribution in [0.25, 0.3) is 0 Å². The van der Waals surface area contributed by atoms with Gasteiger partial charge < -0.3 is 0 Å². The Morgan fingerprint density at radius 3 is 2.43 bits per heavy atom. The molecule has 0 aromatic rings. The van der Waals surface area contributed by atoms with Crippen molar-refractivity contribution >= 4 is 0 Å². The third-order valence-corrected chi connectivity index (χ3v) is 1.22. The molecule has 0 unspecified atom stereocenters. The third kappa shape index (κ3) is 0.942. The standard InChI is InChI=1S/C7H10/c1-7(2)5-3-4-6-7/h3,6H,5H2,1-2H3. The molecule has 0 aromatic heterocycles. The first-order chi connectivity index (χ1) is 3.21. The zero-order valence-corrected chi connectivity index (χ0v) is 4.86. The molecule has 0 aromatic carbocycles. The second-order valence-electron chi connectivity index (χ2n) is 2.71. The van der Waals surface area contributed by atoms with Crippen molar-refractivity contribution in [2.24, 2.45) is 5.41 Å². The zero-order chi connectivity index (χ0) is 5.33. The van der Waals surface area contributed by atoms with Gasteiger partial charge in [-0.25, -0.2) is 0 Å². The van der Waals surface area contributed by atoms with Crippen LogP contribution in [0.1, 0.15) is 20.3 Å². The van der Waals surface area contributed by atoms with Crippen molar-refractivity contribution in [3.63, 3.8) is 0 Å². The van der Waals surface area contributed by atoms with Gasteiger partial charge in [0.1, 0.15) is 0 Å². The molecule has 7 heavy (non-hydrogen) atoms. The summed E-state index contributed by atoms with van der Waals surface area (Å²) >= 11 is 0. The van der Waals surface area contributed by atoms with Gasteiger partial charge in [0, 0.05) is 0 Å². The van der Waals surface area contributed by atoms with Gasteiger partial charge in [0.2, 0.25) is 0 Å². The van der Waals surface area contributed by atoms with Crippen LogP contribution in [0.5, 0.6) is 0 Å². The minimum absolute atomic E-state index is 0.403. The van der Waals surface area contributed by atoms with Crippen molar-refractivity contribution in [1.82, 2.24) is 0 Å². The molecule has 0 radical (unpaired) electrons. The lowest BCUT2D eigenvalue weighted by Gasteiger charge is -2.10. The molecule has 0 spiro atoms. The molecule has 0 heterocycles. The summed E-state index contributed by atoms with van der Waals surface area (Å²) in [4.78, 5) is 0. The number of allylic oxidation sites excluding steroid dienone is 1. The Bertz CT molecular complexity index is 123. The largest absolute Gasteiger partial charge is 0.129 e. The highest BCUT2D eigenvalue weighted by Crippen LogP contribution is 2.25. The number of hydrogen-bond donors (Lipinski definition) is 0. The Balaban J connectivity index is 2.69. The highest BCUT2D eigenvalue weighted by Gasteiger charge is 2.13. The van der Waals surface area contributed by atoms with Crippen LogP contribution in [-0.2, 0) is 0 Å². The smallest absolute Gasteiger partial charge is 0.00586 e. The second-order valence-corrected chi connectivity index (χ2v) is 2.71. The first-order valence-corrected chi connectivity index (χ1v) is 2.63. The summed E-state index contributed by atoms with van der Waals surface area (Å²) in [6, 6.07) is 0. The van der Waals surface area contributed by atoms with Gasteiger partial charge >= 0.3 is 0 Å². The van der Waals surface area contributed by atoms with E-state index in [1.165, 1.54) is 0 Å². The van der Waals surface area contributed by atoms with E-state index in [-0.39, 0.29) is 0 Å². The molecule has 0 nitrogen and oxygen atoms in total. The van der Waals surface area contributed by atoms with Crippen molar-refractivity contribution in [1.29, 1.82) is 0 Å². The quantitative estimate of drug-likeness (QED) is 0.403.